The highest BCUT2D eigenvalue weighted by Crippen LogP contribution is 2.59. The third-order valence-corrected chi connectivity index (χ3v) is 3.78. The second-order valence-electron chi connectivity index (χ2n) is 4.05. The summed E-state index contributed by atoms with van der Waals surface area (Å²) in [5.41, 5.74) is 2.19. The van der Waals surface area contributed by atoms with Gasteiger partial charge in [-0.05, 0) is 37.0 Å². The van der Waals surface area contributed by atoms with E-state index >= 15 is 0 Å². The summed E-state index contributed by atoms with van der Waals surface area (Å²) in [4.78, 5) is 0. The Labute approximate surface area is 63.3 Å². The van der Waals surface area contributed by atoms with Crippen molar-refractivity contribution in [2.45, 2.75) is 39.0 Å². The van der Waals surface area contributed by atoms with Crippen LogP contribution < -0.4 is 0 Å². The first kappa shape index (κ1) is 6.45. The van der Waals surface area contributed by atoms with E-state index in [4.69, 9.17) is 0 Å². The molecule has 0 N–H and O–H groups in total. The molecule has 0 aromatic rings. The number of hydrogen-bond acceptors (Lipinski definition) is 0. The van der Waals surface area contributed by atoms with Gasteiger partial charge in [0.15, 0.2) is 0 Å². The standard InChI is InChI=1S/C10H16/c1-8-4-3-6-10(8)7-5-9(10)2/h8H,2-7H2,1H3. The first-order chi connectivity index (χ1) is 4.76. The van der Waals surface area contributed by atoms with Gasteiger partial charge in [0, 0.05) is 0 Å². The summed E-state index contributed by atoms with van der Waals surface area (Å²) in [6.45, 7) is 6.55. The lowest BCUT2D eigenvalue weighted by Crippen LogP contribution is -2.34. The second kappa shape index (κ2) is 1.87. The molecule has 10 heavy (non-hydrogen) atoms. The quantitative estimate of drug-likeness (QED) is 0.449. The number of allylic oxidation sites excluding steroid dienone is 1. The molecule has 0 nitrogen and oxygen atoms in total. The molecule has 0 aromatic carbocycles. The number of hydrogen-bond donors (Lipinski definition) is 0. The van der Waals surface area contributed by atoms with Gasteiger partial charge in [0.2, 0.25) is 0 Å². The molecule has 2 aliphatic carbocycles. The molecule has 2 rings (SSSR count). The lowest BCUT2D eigenvalue weighted by Gasteiger charge is -2.45. The fourth-order valence-corrected chi connectivity index (χ4v) is 2.77. The van der Waals surface area contributed by atoms with Crippen LogP contribution in [-0.4, -0.2) is 0 Å². The Kier molecular flexibility index (Phi) is 1.21. The van der Waals surface area contributed by atoms with Crippen molar-refractivity contribution in [2.24, 2.45) is 11.3 Å². The highest BCUT2D eigenvalue weighted by molar-refractivity contribution is 5.23. The Morgan fingerprint density at radius 2 is 2.30 bits per heavy atom. The molecule has 0 aromatic heterocycles. The van der Waals surface area contributed by atoms with Crippen LogP contribution in [0.1, 0.15) is 39.0 Å². The summed E-state index contributed by atoms with van der Waals surface area (Å²) in [5, 5.41) is 0. The van der Waals surface area contributed by atoms with E-state index in [2.05, 4.69) is 13.5 Å². The van der Waals surface area contributed by atoms with Crippen LogP contribution in [0.4, 0.5) is 0 Å². The predicted octanol–water partition coefficient (Wildman–Crippen LogP) is 3.14. The van der Waals surface area contributed by atoms with Gasteiger partial charge in [-0.1, -0.05) is 25.5 Å². The molecule has 2 atom stereocenters. The Balaban J connectivity index is 2.21. The van der Waals surface area contributed by atoms with E-state index in [-0.39, 0.29) is 0 Å². The molecule has 0 aliphatic heterocycles. The smallest absolute Gasteiger partial charge is 0.00621 e. The van der Waals surface area contributed by atoms with E-state index in [1.54, 1.807) is 5.57 Å². The Morgan fingerprint density at radius 3 is 2.50 bits per heavy atom. The normalized spacial score (nSPS) is 46.1. The minimum Gasteiger partial charge on any atom is -0.0993 e. The van der Waals surface area contributed by atoms with E-state index < -0.39 is 0 Å². The van der Waals surface area contributed by atoms with Gasteiger partial charge >= 0.3 is 0 Å². The molecular formula is C10H16. The molecule has 0 amide bonds. The van der Waals surface area contributed by atoms with Crippen LogP contribution in [0.3, 0.4) is 0 Å². The van der Waals surface area contributed by atoms with Gasteiger partial charge in [-0.25, -0.2) is 0 Å². The summed E-state index contributed by atoms with van der Waals surface area (Å²) < 4.78 is 0. The van der Waals surface area contributed by atoms with Crippen LogP contribution in [0, 0.1) is 11.3 Å². The van der Waals surface area contributed by atoms with Crippen molar-refractivity contribution in [2.75, 3.05) is 0 Å². The SMILES string of the molecule is C=C1CCC12CCCC2C. The van der Waals surface area contributed by atoms with Crippen LogP contribution in [0.15, 0.2) is 12.2 Å². The molecule has 0 radical (unpaired) electrons. The van der Waals surface area contributed by atoms with Crippen LogP contribution in [0.2, 0.25) is 0 Å². The van der Waals surface area contributed by atoms with Crippen molar-refractivity contribution >= 4 is 0 Å². The van der Waals surface area contributed by atoms with E-state index in [0.717, 1.165) is 5.92 Å². The average molecular weight is 136 g/mol. The van der Waals surface area contributed by atoms with E-state index in [9.17, 15) is 0 Å². The van der Waals surface area contributed by atoms with Crippen molar-refractivity contribution in [1.82, 2.24) is 0 Å². The van der Waals surface area contributed by atoms with Crippen LogP contribution in [0.5, 0.6) is 0 Å². The molecule has 1 spiro atoms. The fourth-order valence-electron chi connectivity index (χ4n) is 2.77. The lowest BCUT2D eigenvalue weighted by molar-refractivity contribution is 0.180. The van der Waals surface area contributed by atoms with Crippen LogP contribution >= 0.6 is 0 Å². The van der Waals surface area contributed by atoms with Crippen molar-refractivity contribution in [3.8, 4) is 0 Å². The lowest BCUT2D eigenvalue weighted by atomic mass is 9.60. The summed E-state index contributed by atoms with van der Waals surface area (Å²) in [6.07, 6.45) is 7.07. The summed E-state index contributed by atoms with van der Waals surface area (Å²) in [7, 11) is 0. The Hall–Kier alpha value is -0.260. The molecule has 0 saturated heterocycles. The zero-order chi connectivity index (χ0) is 7.19. The molecular weight excluding hydrogens is 120 g/mol. The zero-order valence-corrected chi connectivity index (χ0v) is 6.82. The van der Waals surface area contributed by atoms with Crippen molar-refractivity contribution < 1.29 is 0 Å². The molecule has 0 heterocycles. The highest BCUT2D eigenvalue weighted by atomic mass is 14.5. The van der Waals surface area contributed by atoms with Crippen molar-refractivity contribution in [3.63, 3.8) is 0 Å². The van der Waals surface area contributed by atoms with Crippen LogP contribution in [-0.2, 0) is 0 Å². The molecule has 2 unspecified atom stereocenters. The fraction of sp³-hybridized carbons (Fsp3) is 0.800. The summed E-state index contributed by atoms with van der Waals surface area (Å²) in [5.74, 6) is 0.939. The molecule has 2 aliphatic rings. The third kappa shape index (κ3) is 0.574. The average Bonchev–Trinajstić information content (AvgIpc) is 2.30. The van der Waals surface area contributed by atoms with Gasteiger partial charge in [0.1, 0.15) is 0 Å². The highest BCUT2D eigenvalue weighted by Gasteiger charge is 2.47. The Morgan fingerprint density at radius 1 is 1.50 bits per heavy atom. The molecule has 0 bridgehead atoms. The number of rotatable bonds is 0. The van der Waals surface area contributed by atoms with Gasteiger partial charge in [0.05, 0.1) is 0 Å². The summed E-state index contributed by atoms with van der Waals surface area (Å²) in [6, 6.07) is 0. The minimum absolute atomic E-state index is 0.639. The summed E-state index contributed by atoms with van der Waals surface area (Å²) >= 11 is 0. The zero-order valence-electron chi connectivity index (χ0n) is 6.82. The van der Waals surface area contributed by atoms with Crippen LogP contribution in [0.25, 0.3) is 0 Å². The van der Waals surface area contributed by atoms with Gasteiger partial charge in [-0.3, -0.25) is 0 Å². The monoisotopic (exact) mass is 136 g/mol. The van der Waals surface area contributed by atoms with Crippen molar-refractivity contribution in [3.05, 3.63) is 12.2 Å². The maximum Gasteiger partial charge on any atom is -0.00621 e. The third-order valence-electron chi connectivity index (χ3n) is 3.78. The largest absolute Gasteiger partial charge is 0.0993 e. The molecule has 56 valence electrons. The van der Waals surface area contributed by atoms with Gasteiger partial charge < -0.3 is 0 Å². The maximum absolute atomic E-state index is 4.15. The minimum atomic E-state index is 0.639. The predicted molar refractivity (Wildman–Crippen MR) is 43.8 cm³/mol. The van der Waals surface area contributed by atoms with Gasteiger partial charge in [-0.2, -0.15) is 0 Å². The molecule has 2 fully saturated rings. The maximum atomic E-state index is 4.15. The topological polar surface area (TPSA) is 0 Å². The van der Waals surface area contributed by atoms with E-state index in [0.29, 0.717) is 5.41 Å². The molecule has 2 saturated carbocycles. The first-order valence-corrected chi connectivity index (χ1v) is 4.44. The Bertz CT molecular complexity index is 169. The van der Waals surface area contributed by atoms with Crippen molar-refractivity contribution in [1.29, 1.82) is 0 Å². The van der Waals surface area contributed by atoms with Gasteiger partial charge in [0.25, 0.3) is 0 Å². The molecule has 0 heteroatoms. The first-order valence-electron chi connectivity index (χ1n) is 4.44. The van der Waals surface area contributed by atoms with Gasteiger partial charge in [-0.15, -0.1) is 0 Å². The van der Waals surface area contributed by atoms with E-state index in [1.807, 2.05) is 0 Å². The van der Waals surface area contributed by atoms with E-state index in [1.165, 1.54) is 32.1 Å². The second-order valence-corrected chi connectivity index (χ2v) is 4.05.